The summed E-state index contributed by atoms with van der Waals surface area (Å²) in [5.74, 6) is 0. The van der Waals surface area contributed by atoms with Crippen molar-refractivity contribution in [2.24, 2.45) is 0 Å². The summed E-state index contributed by atoms with van der Waals surface area (Å²) in [5.41, 5.74) is 2.58. The van der Waals surface area contributed by atoms with Crippen molar-refractivity contribution in [3.8, 4) is 0 Å². The van der Waals surface area contributed by atoms with E-state index in [1.54, 1.807) is 0 Å². The molecule has 0 bridgehead atoms. The smallest absolute Gasteiger partial charge is 0.0471 e. The molecule has 2 nitrogen and oxygen atoms in total. The van der Waals surface area contributed by atoms with Gasteiger partial charge >= 0.3 is 0 Å². The molecular formula is C15H23ClN2. The number of hydrogen-bond acceptors (Lipinski definition) is 2. The molecule has 100 valence electrons. The molecule has 1 N–H and O–H groups in total. The highest BCUT2D eigenvalue weighted by atomic mass is 35.5. The Morgan fingerprint density at radius 3 is 2.56 bits per heavy atom. The summed E-state index contributed by atoms with van der Waals surface area (Å²) in [4.78, 5) is 2.51. The fourth-order valence-electron chi connectivity index (χ4n) is 2.58. The summed E-state index contributed by atoms with van der Waals surface area (Å²) in [7, 11) is 0. The number of benzene rings is 1. The van der Waals surface area contributed by atoms with Gasteiger partial charge < -0.3 is 10.2 Å². The lowest BCUT2D eigenvalue weighted by Crippen LogP contribution is -2.26. The van der Waals surface area contributed by atoms with Crippen molar-refractivity contribution >= 4 is 17.3 Å². The molecule has 0 aliphatic carbocycles. The Morgan fingerprint density at radius 1 is 1.17 bits per heavy atom. The van der Waals surface area contributed by atoms with Crippen LogP contribution in [0.25, 0.3) is 0 Å². The Bertz CT molecular complexity index is 371. The molecule has 1 aromatic carbocycles. The summed E-state index contributed by atoms with van der Waals surface area (Å²) >= 11 is 6.36. The van der Waals surface area contributed by atoms with E-state index in [0.717, 1.165) is 18.1 Å². The fraction of sp³-hybridized carbons (Fsp3) is 0.600. The van der Waals surface area contributed by atoms with Gasteiger partial charge in [0.05, 0.1) is 0 Å². The average molecular weight is 267 g/mol. The second-order valence-electron chi connectivity index (χ2n) is 4.92. The van der Waals surface area contributed by atoms with E-state index < -0.39 is 0 Å². The van der Waals surface area contributed by atoms with Gasteiger partial charge in [-0.2, -0.15) is 0 Å². The summed E-state index contributed by atoms with van der Waals surface area (Å²) in [6, 6.07) is 6.28. The minimum Gasteiger partial charge on any atom is -0.371 e. The number of rotatable bonds is 4. The van der Waals surface area contributed by atoms with Crippen molar-refractivity contribution in [3.63, 3.8) is 0 Å². The molecule has 2 rings (SSSR count). The summed E-state index contributed by atoms with van der Waals surface area (Å²) in [6.45, 7) is 6.30. The molecule has 18 heavy (non-hydrogen) atoms. The molecule has 1 aliphatic heterocycles. The number of anilines is 1. The number of nitrogens with zero attached hydrogens (tertiary/aromatic N) is 1. The third-order valence-corrected chi connectivity index (χ3v) is 3.95. The van der Waals surface area contributed by atoms with E-state index in [1.165, 1.54) is 50.0 Å². The maximum atomic E-state index is 6.36. The predicted molar refractivity (Wildman–Crippen MR) is 79.5 cm³/mol. The molecule has 0 saturated carbocycles. The third-order valence-electron chi connectivity index (χ3n) is 3.59. The largest absolute Gasteiger partial charge is 0.371 e. The maximum Gasteiger partial charge on any atom is 0.0471 e. The van der Waals surface area contributed by atoms with Gasteiger partial charge in [0, 0.05) is 35.9 Å². The van der Waals surface area contributed by atoms with E-state index in [0.29, 0.717) is 0 Å². The molecule has 0 radical (unpaired) electrons. The van der Waals surface area contributed by atoms with E-state index in [9.17, 15) is 0 Å². The van der Waals surface area contributed by atoms with Crippen molar-refractivity contribution in [1.82, 2.24) is 5.32 Å². The summed E-state index contributed by atoms with van der Waals surface area (Å²) in [5, 5.41) is 4.28. The van der Waals surface area contributed by atoms with Crippen LogP contribution in [-0.4, -0.2) is 19.6 Å². The Labute approximate surface area is 115 Å². The number of hydrogen-bond donors (Lipinski definition) is 1. The van der Waals surface area contributed by atoms with Crippen molar-refractivity contribution in [1.29, 1.82) is 0 Å². The first kappa shape index (κ1) is 13.7. The lowest BCUT2D eigenvalue weighted by molar-refractivity contribution is 0.716. The first-order valence-corrected chi connectivity index (χ1v) is 7.43. The molecule has 1 aliphatic rings. The van der Waals surface area contributed by atoms with Gasteiger partial charge in [0.2, 0.25) is 0 Å². The van der Waals surface area contributed by atoms with Crippen LogP contribution >= 0.6 is 11.6 Å². The van der Waals surface area contributed by atoms with E-state index in [2.05, 4.69) is 29.3 Å². The van der Waals surface area contributed by atoms with Crippen LogP contribution in [0, 0.1) is 0 Å². The molecule has 3 heteroatoms. The van der Waals surface area contributed by atoms with Gasteiger partial charge in [-0.25, -0.2) is 0 Å². The van der Waals surface area contributed by atoms with Crippen molar-refractivity contribution in [2.45, 2.75) is 39.2 Å². The van der Waals surface area contributed by atoms with Crippen molar-refractivity contribution < 1.29 is 0 Å². The van der Waals surface area contributed by atoms with Gasteiger partial charge in [0.1, 0.15) is 0 Å². The monoisotopic (exact) mass is 266 g/mol. The summed E-state index contributed by atoms with van der Waals surface area (Å²) in [6.07, 6.45) is 5.32. The zero-order valence-corrected chi connectivity index (χ0v) is 12.0. The first-order valence-electron chi connectivity index (χ1n) is 7.06. The highest BCUT2D eigenvalue weighted by Crippen LogP contribution is 2.29. The fourth-order valence-corrected chi connectivity index (χ4v) is 2.82. The van der Waals surface area contributed by atoms with Crippen LogP contribution in [0.15, 0.2) is 18.2 Å². The molecule has 0 unspecified atom stereocenters. The summed E-state index contributed by atoms with van der Waals surface area (Å²) < 4.78 is 0. The predicted octanol–water partition coefficient (Wildman–Crippen LogP) is 3.83. The van der Waals surface area contributed by atoms with Crippen LogP contribution in [0.1, 0.15) is 38.2 Å². The van der Waals surface area contributed by atoms with E-state index in [1.807, 2.05) is 6.07 Å². The van der Waals surface area contributed by atoms with Crippen LogP contribution in [0.3, 0.4) is 0 Å². The average Bonchev–Trinajstić information content (AvgIpc) is 2.66. The normalized spacial score (nSPS) is 16.7. The van der Waals surface area contributed by atoms with Gasteiger partial charge in [0.25, 0.3) is 0 Å². The van der Waals surface area contributed by atoms with Crippen LogP contribution in [0.5, 0.6) is 0 Å². The van der Waals surface area contributed by atoms with E-state index in [4.69, 9.17) is 11.6 Å². The molecule has 1 heterocycles. The second kappa shape index (κ2) is 7.01. The van der Waals surface area contributed by atoms with Gasteiger partial charge in [-0.3, -0.25) is 0 Å². The lowest BCUT2D eigenvalue weighted by Gasteiger charge is -2.26. The number of nitrogens with one attached hydrogen (secondary N) is 1. The standard InChI is InChI=1S/C15H23ClN2/c1-2-17-12-13-14(16)8-7-9-15(13)18-10-5-3-4-6-11-18/h7-9,17H,2-6,10-12H2,1H3. The molecular weight excluding hydrogens is 244 g/mol. The Morgan fingerprint density at radius 2 is 1.89 bits per heavy atom. The van der Waals surface area contributed by atoms with Crippen LogP contribution in [-0.2, 0) is 6.54 Å². The van der Waals surface area contributed by atoms with Crippen LogP contribution < -0.4 is 10.2 Å². The topological polar surface area (TPSA) is 15.3 Å². The SMILES string of the molecule is CCNCc1c(Cl)cccc1N1CCCCCC1. The second-order valence-corrected chi connectivity index (χ2v) is 5.33. The van der Waals surface area contributed by atoms with Gasteiger partial charge in [0.15, 0.2) is 0 Å². The molecule has 1 aromatic rings. The third kappa shape index (κ3) is 3.39. The minimum absolute atomic E-state index is 0.863. The molecule has 1 fully saturated rings. The Balaban J connectivity index is 2.21. The highest BCUT2D eigenvalue weighted by Gasteiger charge is 2.15. The zero-order valence-electron chi connectivity index (χ0n) is 11.2. The van der Waals surface area contributed by atoms with Crippen molar-refractivity contribution in [2.75, 3.05) is 24.5 Å². The van der Waals surface area contributed by atoms with E-state index >= 15 is 0 Å². The van der Waals surface area contributed by atoms with Crippen LogP contribution in [0.2, 0.25) is 5.02 Å². The quantitative estimate of drug-likeness (QED) is 0.891. The highest BCUT2D eigenvalue weighted by molar-refractivity contribution is 6.31. The molecule has 0 amide bonds. The molecule has 0 spiro atoms. The van der Waals surface area contributed by atoms with Gasteiger partial charge in [-0.1, -0.05) is 37.4 Å². The van der Waals surface area contributed by atoms with E-state index in [-0.39, 0.29) is 0 Å². The van der Waals surface area contributed by atoms with Gasteiger partial charge in [-0.05, 0) is 31.5 Å². The number of halogens is 1. The first-order chi connectivity index (χ1) is 8.83. The van der Waals surface area contributed by atoms with Gasteiger partial charge in [-0.15, -0.1) is 0 Å². The maximum absolute atomic E-state index is 6.36. The van der Waals surface area contributed by atoms with Crippen molar-refractivity contribution in [3.05, 3.63) is 28.8 Å². The molecule has 1 saturated heterocycles. The zero-order chi connectivity index (χ0) is 12.8. The minimum atomic E-state index is 0.863. The lowest BCUT2D eigenvalue weighted by atomic mass is 10.1. The molecule has 0 aromatic heterocycles. The van der Waals surface area contributed by atoms with Crippen LogP contribution in [0.4, 0.5) is 5.69 Å². The Kier molecular flexibility index (Phi) is 5.33. The Hall–Kier alpha value is -0.730. The molecule has 0 atom stereocenters.